The Kier molecular flexibility index (Phi) is 6.65. The predicted octanol–water partition coefficient (Wildman–Crippen LogP) is 2.82. The lowest BCUT2D eigenvalue weighted by Crippen LogP contribution is -2.36. The molecular weight excluding hydrogens is 342 g/mol. The average Bonchev–Trinajstić information content (AvgIpc) is 2.59. The molecular formula is C18H20ClN3O3. The summed E-state index contributed by atoms with van der Waals surface area (Å²) in [6.45, 7) is 1.85. The maximum absolute atomic E-state index is 12.0. The van der Waals surface area contributed by atoms with Gasteiger partial charge in [-0.05, 0) is 48.9 Å². The van der Waals surface area contributed by atoms with Gasteiger partial charge in [0.2, 0.25) is 11.8 Å². The van der Waals surface area contributed by atoms with Crippen molar-refractivity contribution < 1.29 is 14.3 Å². The molecule has 25 heavy (non-hydrogen) atoms. The van der Waals surface area contributed by atoms with Crippen molar-refractivity contribution in [3.8, 4) is 5.75 Å². The van der Waals surface area contributed by atoms with E-state index in [0.717, 1.165) is 11.3 Å². The molecule has 0 spiro atoms. The van der Waals surface area contributed by atoms with Gasteiger partial charge in [-0.2, -0.15) is 0 Å². The Labute approximate surface area is 151 Å². The van der Waals surface area contributed by atoms with Crippen molar-refractivity contribution >= 4 is 34.8 Å². The van der Waals surface area contributed by atoms with Gasteiger partial charge >= 0.3 is 0 Å². The van der Waals surface area contributed by atoms with Crippen LogP contribution in [-0.4, -0.2) is 32.0 Å². The van der Waals surface area contributed by atoms with Crippen LogP contribution in [0.25, 0.3) is 0 Å². The number of nitrogens with one attached hydrogen (secondary N) is 3. The van der Waals surface area contributed by atoms with E-state index >= 15 is 0 Å². The first-order valence-corrected chi connectivity index (χ1v) is 8.06. The number of hydrogen-bond acceptors (Lipinski definition) is 4. The summed E-state index contributed by atoms with van der Waals surface area (Å²) in [6.07, 6.45) is 0. The number of carbonyl (C=O) groups excluding carboxylic acids is 2. The highest BCUT2D eigenvalue weighted by Crippen LogP contribution is 2.24. The second kappa shape index (κ2) is 8.94. The monoisotopic (exact) mass is 361 g/mol. The highest BCUT2D eigenvalue weighted by Gasteiger charge is 2.09. The molecule has 0 bridgehead atoms. The van der Waals surface area contributed by atoms with Crippen LogP contribution in [0, 0.1) is 6.92 Å². The highest BCUT2D eigenvalue weighted by atomic mass is 35.5. The minimum atomic E-state index is -0.330. The zero-order valence-electron chi connectivity index (χ0n) is 14.1. The molecule has 2 aromatic carbocycles. The molecule has 0 saturated carbocycles. The summed E-state index contributed by atoms with van der Waals surface area (Å²) in [6, 6.07) is 12.5. The number of hydrogen-bond donors (Lipinski definition) is 3. The molecule has 6 nitrogen and oxygen atoms in total. The van der Waals surface area contributed by atoms with E-state index in [2.05, 4.69) is 16.0 Å². The lowest BCUT2D eigenvalue weighted by molar-refractivity contribution is -0.122. The van der Waals surface area contributed by atoms with Crippen molar-refractivity contribution in [1.82, 2.24) is 5.32 Å². The summed E-state index contributed by atoms with van der Waals surface area (Å²) in [5.41, 5.74) is 2.34. The summed E-state index contributed by atoms with van der Waals surface area (Å²) < 4.78 is 5.20. The quantitative estimate of drug-likeness (QED) is 0.708. The number of ether oxygens (including phenoxy) is 1. The number of halogens is 1. The summed E-state index contributed by atoms with van der Waals surface area (Å²) in [7, 11) is 1.53. The van der Waals surface area contributed by atoms with Crippen LogP contribution in [0.1, 0.15) is 5.56 Å². The maximum Gasteiger partial charge on any atom is 0.243 e. The van der Waals surface area contributed by atoms with E-state index in [9.17, 15) is 9.59 Å². The van der Waals surface area contributed by atoms with E-state index in [1.165, 1.54) is 7.11 Å². The van der Waals surface area contributed by atoms with Crippen LogP contribution in [0.5, 0.6) is 5.75 Å². The van der Waals surface area contributed by atoms with E-state index in [0.29, 0.717) is 16.5 Å². The molecule has 3 N–H and O–H groups in total. The van der Waals surface area contributed by atoms with Gasteiger partial charge in [0.05, 0.1) is 25.9 Å². The number of amides is 2. The van der Waals surface area contributed by atoms with Crippen molar-refractivity contribution in [2.24, 2.45) is 0 Å². The predicted molar refractivity (Wildman–Crippen MR) is 99.3 cm³/mol. The topological polar surface area (TPSA) is 79.5 Å². The van der Waals surface area contributed by atoms with E-state index in [1.807, 2.05) is 13.0 Å². The van der Waals surface area contributed by atoms with Gasteiger partial charge in [-0.3, -0.25) is 9.59 Å². The Hall–Kier alpha value is -2.73. The number of anilines is 2. The third-order valence-corrected chi connectivity index (χ3v) is 3.62. The molecule has 0 heterocycles. The fraction of sp³-hybridized carbons (Fsp3) is 0.222. The first-order chi connectivity index (χ1) is 12.0. The van der Waals surface area contributed by atoms with Crippen molar-refractivity contribution in [2.75, 3.05) is 30.8 Å². The van der Waals surface area contributed by atoms with Crippen LogP contribution in [0.3, 0.4) is 0 Å². The average molecular weight is 362 g/mol. The molecule has 2 amide bonds. The molecule has 2 aromatic rings. The molecule has 7 heteroatoms. The molecule has 0 fully saturated rings. The molecule has 0 aliphatic rings. The van der Waals surface area contributed by atoms with E-state index < -0.39 is 0 Å². The van der Waals surface area contributed by atoms with Crippen LogP contribution < -0.4 is 20.7 Å². The first kappa shape index (κ1) is 18.6. The minimum Gasteiger partial charge on any atom is -0.495 e. The smallest absolute Gasteiger partial charge is 0.243 e. The number of carbonyl (C=O) groups is 2. The standard InChI is InChI=1S/C18H20ClN3O3/c1-12-3-8-16(25-2)15(9-12)22-18(24)11-21-17(23)10-20-14-6-4-13(19)5-7-14/h3-9,20H,10-11H2,1-2H3,(H,21,23)(H,22,24). The third-order valence-electron chi connectivity index (χ3n) is 3.37. The largest absolute Gasteiger partial charge is 0.495 e. The SMILES string of the molecule is COc1ccc(C)cc1NC(=O)CNC(=O)CNc1ccc(Cl)cc1. The number of rotatable bonds is 7. The molecule has 0 saturated heterocycles. The third kappa shape index (κ3) is 6.00. The molecule has 0 aliphatic heterocycles. The van der Waals surface area contributed by atoms with E-state index in [-0.39, 0.29) is 24.9 Å². The second-order valence-corrected chi connectivity index (χ2v) is 5.83. The van der Waals surface area contributed by atoms with Crippen molar-refractivity contribution in [1.29, 1.82) is 0 Å². The molecule has 0 aromatic heterocycles. The summed E-state index contributed by atoms with van der Waals surface area (Å²) in [4.78, 5) is 23.8. The molecule has 132 valence electrons. The lowest BCUT2D eigenvalue weighted by atomic mass is 10.2. The molecule has 0 radical (unpaired) electrons. The molecule has 0 atom stereocenters. The Morgan fingerprint density at radius 1 is 1.04 bits per heavy atom. The van der Waals surface area contributed by atoms with Gasteiger partial charge < -0.3 is 20.7 Å². The Bertz CT molecular complexity index is 748. The van der Waals surface area contributed by atoms with Crippen molar-refractivity contribution in [3.05, 3.63) is 53.1 Å². The lowest BCUT2D eigenvalue weighted by Gasteiger charge is -2.12. The minimum absolute atomic E-state index is 0.0582. The van der Waals surface area contributed by atoms with Crippen LogP contribution in [-0.2, 0) is 9.59 Å². The summed E-state index contributed by atoms with van der Waals surface area (Å²) >= 11 is 5.80. The molecule has 0 aliphatic carbocycles. The van der Waals surface area contributed by atoms with Crippen LogP contribution in [0.15, 0.2) is 42.5 Å². The van der Waals surface area contributed by atoms with Crippen molar-refractivity contribution in [2.45, 2.75) is 6.92 Å². The zero-order chi connectivity index (χ0) is 18.2. The second-order valence-electron chi connectivity index (χ2n) is 5.39. The Morgan fingerprint density at radius 2 is 1.76 bits per heavy atom. The van der Waals surface area contributed by atoms with Crippen LogP contribution in [0.4, 0.5) is 11.4 Å². The molecule has 0 unspecified atom stereocenters. The highest BCUT2D eigenvalue weighted by molar-refractivity contribution is 6.30. The fourth-order valence-electron chi connectivity index (χ4n) is 2.11. The van der Waals surface area contributed by atoms with E-state index in [1.54, 1.807) is 36.4 Å². The zero-order valence-corrected chi connectivity index (χ0v) is 14.8. The molecule has 2 rings (SSSR count). The number of aryl methyl sites for hydroxylation is 1. The maximum atomic E-state index is 12.0. The van der Waals surface area contributed by atoms with Crippen LogP contribution >= 0.6 is 11.6 Å². The van der Waals surface area contributed by atoms with Gasteiger partial charge in [0, 0.05) is 10.7 Å². The van der Waals surface area contributed by atoms with Gasteiger partial charge in [-0.25, -0.2) is 0 Å². The summed E-state index contributed by atoms with van der Waals surface area (Å²) in [5.74, 6) is -0.0558. The normalized spacial score (nSPS) is 10.0. The summed E-state index contributed by atoms with van der Waals surface area (Å²) in [5, 5.41) is 8.85. The van der Waals surface area contributed by atoms with Crippen molar-refractivity contribution in [3.63, 3.8) is 0 Å². The van der Waals surface area contributed by atoms with Crippen LogP contribution in [0.2, 0.25) is 5.02 Å². The van der Waals surface area contributed by atoms with Gasteiger partial charge in [-0.1, -0.05) is 17.7 Å². The Balaban J connectivity index is 1.78. The number of methoxy groups -OCH3 is 1. The van der Waals surface area contributed by atoms with Gasteiger partial charge in [0.15, 0.2) is 0 Å². The first-order valence-electron chi connectivity index (χ1n) is 7.68. The fourth-order valence-corrected chi connectivity index (χ4v) is 2.23. The van der Waals surface area contributed by atoms with Gasteiger partial charge in [0.1, 0.15) is 5.75 Å². The van der Waals surface area contributed by atoms with E-state index in [4.69, 9.17) is 16.3 Å². The van der Waals surface area contributed by atoms with Gasteiger partial charge in [0.25, 0.3) is 0 Å². The number of benzene rings is 2. The van der Waals surface area contributed by atoms with Gasteiger partial charge in [-0.15, -0.1) is 0 Å². The Morgan fingerprint density at radius 3 is 2.44 bits per heavy atom.